The zero-order valence-corrected chi connectivity index (χ0v) is 6.29. The van der Waals surface area contributed by atoms with Crippen molar-refractivity contribution in [3.05, 3.63) is 23.6 Å². The van der Waals surface area contributed by atoms with Crippen LogP contribution in [0.2, 0.25) is 0 Å². The summed E-state index contributed by atoms with van der Waals surface area (Å²) in [5, 5.41) is 3.79. The van der Waals surface area contributed by atoms with Gasteiger partial charge in [0.05, 0.1) is 0 Å². The van der Waals surface area contributed by atoms with Crippen LogP contribution in [0.5, 0.6) is 0 Å². The average molecular weight is 137 g/mol. The Balaban J connectivity index is 2.67. The fourth-order valence-corrected chi connectivity index (χ4v) is 0.703. The molecule has 1 rings (SSSR count). The van der Waals surface area contributed by atoms with Gasteiger partial charge in [0.25, 0.3) is 0 Å². The van der Waals surface area contributed by atoms with E-state index >= 15 is 0 Å². The molecule has 0 amide bonds. The van der Waals surface area contributed by atoms with Gasteiger partial charge in [-0.15, -0.1) is 0 Å². The van der Waals surface area contributed by atoms with Crippen LogP contribution in [0.25, 0.3) is 6.08 Å². The van der Waals surface area contributed by atoms with Crippen molar-refractivity contribution in [3.63, 3.8) is 0 Å². The maximum atomic E-state index is 4.86. The van der Waals surface area contributed by atoms with Gasteiger partial charge < -0.3 is 4.52 Å². The molecule has 0 fully saturated rings. The summed E-state index contributed by atoms with van der Waals surface area (Å²) < 4.78 is 4.86. The summed E-state index contributed by atoms with van der Waals surface area (Å²) in [5.74, 6) is 0.857. The first-order valence-electron chi connectivity index (χ1n) is 3.43. The first kappa shape index (κ1) is 7.06. The van der Waals surface area contributed by atoms with E-state index in [0.29, 0.717) is 0 Å². The first-order valence-corrected chi connectivity index (χ1v) is 3.43. The largest absolute Gasteiger partial charge is 0.361 e. The Morgan fingerprint density at radius 3 is 3.00 bits per heavy atom. The monoisotopic (exact) mass is 137 g/mol. The van der Waals surface area contributed by atoms with E-state index in [2.05, 4.69) is 18.2 Å². The van der Waals surface area contributed by atoms with E-state index in [1.807, 2.05) is 19.1 Å². The Kier molecular flexibility index (Phi) is 2.26. The highest BCUT2D eigenvalue weighted by atomic mass is 16.5. The summed E-state index contributed by atoms with van der Waals surface area (Å²) in [7, 11) is 0. The normalized spacial score (nSPS) is 11.0. The van der Waals surface area contributed by atoms with Crippen molar-refractivity contribution < 1.29 is 4.52 Å². The van der Waals surface area contributed by atoms with Crippen molar-refractivity contribution in [2.75, 3.05) is 0 Å². The van der Waals surface area contributed by atoms with Gasteiger partial charge in [-0.25, -0.2) is 0 Å². The molecule has 0 N–H and O–H groups in total. The maximum absolute atomic E-state index is 4.86. The maximum Gasteiger partial charge on any atom is 0.134 e. The summed E-state index contributed by atoms with van der Waals surface area (Å²) in [5.41, 5.74) is 0.902. The molecule has 1 aromatic rings. The molecule has 0 saturated carbocycles. The Labute approximate surface area is 60.5 Å². The van der Waals surface area contributed by atoms with Crippen molar-refractivity contribution in [2.24, 2.45) is 0 Å². The van der Waals surface area contributed by atoms with Crippen LogP contribution in [0.15, 0.2) is 16.7 Å². The fraction of sp³-hybridized carbons (Fsp3) is 0.375. The topological polar surface area (TPSA) is 26.0 Å². The minimum absolute atomic E-state index is 0.857. The third-order valence-electron chi connectivity index (χ3n) is 1.17. The summed E-state index contributed by atoms with van der Waals surface area (Å²) in [6.07, 6.45) is 5.04. The molecule has 1 heterocycles. The second kappa shape index (κ2) is 3.20. The number of nitrogens with zero attached hydrogens (tertiary/aromatic N) is 1. The van der Waals surface area contributed by atoms with Crippen molar-refractivity contribution in [1.82, 2.24) is 5.16 Å². The summed E-state index contributed by atoms with van der Waals surface area (Å²) in [6.45, 7) is 3.97. The number of allylic oxidation sites excluding steroid dienone is 1. The highest BCUT2D eigenvalue weighted by molar-refractivity contribution is 5.43. The van der Waals surface area contributed by atoms with Crippen LogP contribution in [-0.4, -0.2) is 5.16 Å². The van der Waals surface area contributed by atoms with Crippen LogP contribution in [0, 0.1) is 6.92 Å². The smallest absolute Gasteiger partial charge is 0.134 e. The molecule has 1 aromatic heterocycles. The standard InChI is InChI=1S/C8H11NO/c1-3-4-5-8-6-7(2)10-9-8/h4-6H,3H2,1-2H3/b5-4+. The van der Waals surface area contributed by atoms with Gasteiger partial charge in [0, 0.05) is 6.07 Å². The molecule has 0 radical (unpaired) electrons. The summed E-state index contributed by atoms with van der Waals surface area (Å²) >= 11 is 0. The Morgan fingerprint density at radius 1 is 1.70 bits per heavy atom. The predicted octanol–water partition coefficient (Wildman–Crippen LogP) is 2.41. The number of hydrogen-bond donors (Lipinski definition) is 0. The van der Waals surface area contributed by atoms with Gasteiger partial charge in [-0.2, -0.15) is 0 Å². The van der Waals surface area contributed by atoms with Crippen LogP contribution < -0.4 is 0 Å². The van der Waals surface area contributed by atoms with E-state index in [1.54, 1.807) is 0 Å². The van der Waals surface area contributed by atoms with Gasteiger partial charge in [-0.3, -0.25) is 0 Å². The Morgan fingerprint density at radius 2 is 2.50 bits per heavy atom. The molecule has 2 heteroatoms. The van der Waals surface area contributed by atoms with E-state index in [0.717, 1.165) is 17.9 Å². The minimum Gasteiger partial charge on any atom is -0.361 e. The molecule has 10 heavy (non-hydrogen) atoms. The third-order valence-corrected chi connectivity index (χ3v) is 1.17. The van der Waals surface area contributed by atoms with Gasteiger partial charge in [-0.1, -0.05) is 18.2 Å². The van der Waals surface area contributed by atoms with E-state index in [9.17, 15) is 0 Å². The molecule has 0 aliphatic rings. The molecule has 0 atom stereocenters. The highest BCUT2D eigenvalue weighted by Crippen LogP contribution is 2.03. The second-order valence-electron chi connectivity index (χ2n) is 2.17. The molecule has 0 spiro atoms. The number of aromatic nitrogens is 1. The molecule has 0 aromatic carbocycles. The summed E-state index contributed by atoms with van der Waals surface area (Å²) in [4.78, 5) is 0. The van der Waals surface area contributed by atoms with E-state index < -0.39 is 0 Å². The molecular formula is C8H11NO. The minimum atomic E-state index is 0.857. The van der Waals surface area contributed by atoms with Crippen LogP contribution >= 0.6 is 0 Å². The van der Waals surface area contributed by atoms with Gasteiger partial charge >= 0.3 is 0 Å². The second-order valence-corrected chi connectivity index (χ2v) is 2.17. The van der Waals surface area contributed by atoms with Gasteiger partial charge in [0.15, 0.2) is 0 Å². The highest BCUT2D eigenvalue weighted by Gasteiger charge is 1.92. The predicted molar refractivity (Wildman–Crippen MR) is 40.6 cm³/mol. The van der Waals surface area contributed by atoms with Crippen LogP contribution in [0.4, 0.5) is 0 Å². The third kappa shape index (κ3) is 1.72. The van der Waals surface area contributed by atoms with E-state index in [-0.39, 0.29) is 0 Å². The Hall–Kier alpha value is -1.05. The molecule has 0 aliphatic heterocycles. The lowest BCUT2D eigenvalue weighted by Gasteiger charge is -1.76. The molecule has 0 saturated heterocycles. The van der Waals surface area contributed by atoms with Crippen molar-refractivity contribution in [2.45, 2.75) is 20.3 Å². The van der Waals surface area contributed by atoms with Crippen LogP contribution in [-0.2, 0) is 0 Å². The molecule has 2 nitrogen and oxygen atoms in total. The average Bonchev–Trinajstić information content (AvgIpc) is 2.31. The number of hydrogen-bond acceptors (Lipinski definition) is 2. The van der Waals surface area contributed by atoms with Gasteiger partial charge in [0.2, 0.25) is 0 Å². The molecule has 0 bridgehead atoms. The molecule has 54 valence electrons. The zero-order valence-electron chi connectivity index (χ0n) is 6.29. The quantitative estimate of drug-likeness (QED) is 0.625. The molecular weight excluding hydrogens is 126 g/mol. The lowest BCUT2D eigenvalue weighted by atomic mass is 10.3. The van der Waals surface area contributed by atoms with E-state index in [1.165, 1.54) is 0 Å². The van der Waals surface area contributed by atoms with Gasteiger partial charge in [-0.05, 0) is 19.4 Å². The fourth-order valence-electron chi connectivity index (χ4n) is 0.703. The SMILES string of the molecule is CC/C=C/c1cc(C)on1. The lowest BCUT2D eigenvalue weighted by Crippen LogP contribution is -1.65. The zero-order chi connectivity index (χ0) is 7.40. The van der Waals surface area contributed by atoms with Gasteiger partial charge in [0.1, 0.15) is 11.5 Å². The van der Waals surface area contributed by atoms with Crippen molar-refractivity contribution in [1.29, 1.82) is 0 Å². The van der Waals surface area contributed by atoms with Crippen molar-refractivity contribution in [3.8, 4) is 0 Å². The van der Waals surface area contributed by atoms with Crippen LogP contribution in [0.1, 0.15) is 24.8 Å². The molecule has 0 unspecified atom stereocenters. The first-order chi connectivity index (χ1) is 4.83. The Bertz CT molecular complexity index is 225. The number of aryl methyl sites for hydroxylation is 1. The van der Waals surface area contributed by atoms with E-state index in [4.69, 9.17) is 4.52 Å². The van der Waals surface area contributed by atoms with Crippen molar-refractivity contribution >= 4 is 6.08 Å². The van der Waals surface area contributed by atoms with Crippen LogP contribution in [0.3, 0.4) is 0 Å². The summed E-state index contributed by atoms with van der Waals surface area (Å²) in [6, 6.07) is 1.91. The number of rotatable bonds is 2. The molecule has 0 aliphatic carbocycles. The lowest BCUT2D eigenvalue weighted by molar-refractivity contribution is 0.396.